The molecule has 1 aromatic carbocycles. The number of amides is 1. The zero-order valence-electron chi connectivity index (χ0n) is 14.0. The van der Waals surface area contributed by atoms with Crippen LogP contribution in [0.5, 0.6) is 11.5 Å². The van der Waals surface area contributed by atoms with E-state index in [1.165, 1.54) is 11.8 Å². The third-order valence-electron chi connectivity index (χ3n) is 3.68. The Morgan fingerprint density at radius 1 is 1.54 bits per heavy atom. The van der Waals surface area contributed by atoms with Crippen molar-refractivity contribution in [2.45, 2.75) is 31.5 Å². The summed E-state index contributed by atoms with van der Waals surface area (Å²) in [6, 6.07) is 3.82. The van der Waals surface area contributed by atoms with Crippen molar-refractivity contribution in [3.63, 3.8) is 0 Å². The number of aromatic nitrogens is 2. The number of carbonyl (C=O) groups excluding carboxylic acids is 1. The number of rotatable bonds is 6. The molecule has 1 amide bonds. The van der Waals surface area contributed by atoms with Crippen LogP contribution in [0.15, 0.2) is 29.7 Å². The summed E-state index contributed by atoms with van der Waals surface area (Å²) in [5.74, 6) is 1.68. The van der Waals surface area contributed by atoms with Crippen LogP contribution in [0.25, 0.3) is 0 Å². The summed E-state index contributed by atoms with van der Waals surface area (Å²) in [5.41, 5.74) is 1.77. The maximum absolute atomic E-state index is 12.3. The van der Waals surface area contributed by atoms with Gasteiger partial charge in [-0.15, -0.1) is 0 Å². The zero-order valence-corrected chi connectivity index (χ0v) is 14.9. The fourth-order valence-electron chi connectivity index (χ4n) is 2.62. The van der Waals surface area contributed by atoms with Crippen LogP contribution in [0.4, 0.5) is 5.69 Å². The summed E-state index contributed by atoms with van der Waals surface area (Å²) in [4.78, 5) is 16.5. The SMILES string of the molecule is CCOc1cc2c(cc1NC(=O)CSc1nccn1C)OC(C)C2. The van der Waals surface area contributed by atoms with Crippen molar-refractivity contribution in [2.24, 2.45) is 7.05 Å². The quantitative estimate of drug-likeness (QED) is 0.814. The molecule has 0 fully saturated rings. The molecule has 6 nitrogen and oxygen atoms in total. The third kappa shape index (κ3) is 3.67. The normalized spacial score (nSPS) is 15.7. The lowest BCUT2D eigenvalue weighted by Crippen LogP contribution is -2.15. The maximum Gasteiger partial charge on any atom is 0.234 e. The molecule has 24 heavy (non-hydrogen) atoms. The Balaban J connectivity index is 1.70. The smallest absolute Gasteiger partial charge is 0.234 e. The van der Waals surface area contributed by atoms with E-state index < -0.39 is 0 Å². The van der Waals surface area contributed by atoms with Gasteiger partial charge >= 0.3 is 0 Å². The molecule has 0 bridgehead atoms. The topological polar surface area (TPSA) is 65.4 Å². The van der Waals surface area contributed by atoms with Crippen LogP contribution in [0, 0.1) is 0 Å². The van der Waals surface area contributed by atoms with Crippen LogP contribution in [-0.2, 0) is 18.3 Å². The Hall–Kier alpha value is -2.15. The van der Waals surface area contributed by atoms with E-state index in [-0.39, 0.29) is 17.8 Å². The van der Waals surface area contributed by atoms with E-state index in [1.54, 1.807) is 6.20 Å². The average Bonchev–Trinajstić information content (AvgIpc) is 3.10. The lowest BCUT2D eigenvalue weighted by Gasteiger charge is -2.13. The summed E-state index contributed by atoms with van der Waals surface area (Å²) < 4.78 is 13.3. The number of hydrogen-bond donors (Lipinski definition) is 1. The molecule has 2 aromatic rings. The molecule has 1 aliphatic rings. The summed E-state index contributed by atoms with van der Waals surface area (Å²) in [7, 11) is 1.90. The number of benzene rings is 1. The number of thioether (sulfide) groups is 1. The van der Waals surface area contributed by atoms with Gasteiger partial charge in [-0.05, 0) is 19.9 Å². The molecular weight excluding hydrogens is 326 g/mol. The molecule has 1 atom stereocenters. The number of anilines is 1. The largest absolute Gasteiger partial charge is 0.492 e. The second-order valence-electron chi connectivity index (χ2n) is 5.68. The number of imidazole rings is 1. The highest BCUT2D eigenvalue weighted by Crippen LogP contribution is 2.38. The molecule has 1 aliphatic heterocycles. The molecule has 0 aliphatic carbocycles. The minimum absolute atomic E-state index is 0.102. The van der Waals surface area contributed by atoms with Crippen LogP contribution >= 0.6 is 11.8 Å². The third-order valence-corrected chi connectivity index (χ3v) is 4.74. The zero-order chi connectivity index (χ0) is 17.1. The highest BCUT2D eigenvalue weighted by molar-refractivity contribution is 7.99. The molecule has 1 unspecified atom stereocenters. The van der Waals surface area contributed by atoms with E-state index in [9.17, 15) is 4.79 Å². The first-order valence-corrected chi connectivity index (χ1v) is 8.91. The lowest BCUT2D eigenvalue weighted by molar-refractivity contribution is -0.113. The molecular formula is C17H21N3O3S. The Bertz CT molecular complexity index is 745. The Kier molecular flexibility index (Phi) is 4.99. The summed E-state index contributed by atoms with van der Waals surface area (Å²) in [6.07, 6.45) is 4.58. The minimum atomic E-state index is -0.102. The van der Waals surface area contributed by atoms with E-state index >= 15 is 0 Å². The Labute approximate surface area is 145 Å². The first-order valence-electron chi connectivity index (χ1n) is 7.93. The molecule has 0 spiro atoms. The van der Waals surface area contributed by atoms with Gasteiger partial charge in [0.1, 0.15) is 17.6 Å². The van der Waals surface area contributed by atoms with E-state index in [1.807, 2.05) is 43.8 Å². The number of fused-ring (bicyclic) bond motifs is 1. The standard InChI is InChI=1S/C17H21N3O3S/c1-4-22-15-8-12-7-11(2)23-14(12)9-13(15)19-16(21)10-24-17-18-5-6-20(17)3/h5-6,8-9,11H,4,7,10H2,1-3H3,(H,19,21). The lowest BCUT2D eigenvalue weighted by atomic mass is 10.1. The first kappa shape index (κ1) is 16.7. The number of nitrogens with zero attached hydrogens (tertiary/aromatic N) is 2. The van der Waals surface area contributed by atoms with Crippen LogP contribution in [0.2, 0.25) is 0 Å². The van der Waals surface area contributed by atoms with Gasteiger partial charge in [0.15, 0.2) is 5.16 Å². The van der Waals surface area contributed by atoms with E-state index in [0.29, 0.717) is 18.0 Å². The molecule has 1 N–H and O–H groups in total. The van der Waals surface area contributed by atoms with Crippen LogP contribution in [0.1, 0.15) is 19.4 Å². The Morgan fingerprint density at radius 3 is 3.08 bits per heavy atom. The van der Waals surface area contributed by atoms with Gasteiger partial charge in [-0.1, -0.05) is 11.8 Å². The molecule has 3 rings (SSSR count). The molecule has 2 heterocycles. The summed E-state index contributed by atoms with van der Waals surface area (Å²) >= 11 is 1.39. The van der Waals surface area contributed by atoms with Crippen molar-refractivity contribution >= 4 is 23.4 Å². The van der Waals surface area contributed by atoms with Gasteiger partial charge < -0.3 is 19.4 Å². The van der Waals surface area contributed by atoms with Crippen molar-refractivity contribution in [1.82, 2.24) is 9.55 Å². The fourth-order valence-corrected chi connectivity index (χ4v) is 3.35. The van der Waals surface area contributed by atoms with Gasteiger partial charge in [0, 0.05) is 37.5 Å². The van der Waals surface area contributed by atoms with Gasteiger partial charge in [-0.25, -0.2) is 4.98 Å². The first-order chi connectivity index (χ1) is 11.6. The monoisotopic (exact) mass is 347 g/mol. The van der Waals surface area contributed by atoms with Crippen molar-refractivity contribution in [3.8, 4) is 11.5 Å². The van der Waals surface area contributed by atoms with Gasteiger partial charge in [0.25, 0.3) is 0 Å². The molecule has 1 aromatic heterocycles. The molecule has 0 radical (unpaired) electrons. The molecule has 0 saturated carbocycles. The number of aryl methyl sites for hydroxylation is 1. The number of hydrogen-bond acceptors (Lipinski definition) is 5. The number of nitrogens with one attached hydrogen (secondary N) is 1. The molecule has 7 heteroatoms. The highest BCUT2D eigenvalue weighted by atomic mass is 32.2. The molecule has 128 valence electrons. The fraction of sp³-hybridized carbons (Fsp3) is 0.412. The van der Waals surface area contributed by atoms with E-state index in [4.69, 9.17) is 9.47 Å². The van der Waals surface area contributed by atoms with Gasteiger partial charge in [-0.2, -0.15) is 0 Å². The van der Waals surface area contributed by atoms with Crippen LogP contribution in [0.3, 0.4) is 0 Å². The number of carbonyl (C=O) groups is 1. The van der Waals surface area contributed by atoms with Crippen LogP contribution in [-0.4, -0.2) is 33.9 Å². The van der Waals surface area contributed by atoms with Crippen LogP contribution < -0.4 is 14.8 Å². The highest BCUT2D eigenvalue weighted by Gasteiger charge is 2.22. The van der Waals surface area contributed by atoms with Crippen molar-refractivity contribution < 1.29 is 14.3 Å². The molecule has 0 saturated heterocycles. The minimum Gasteiger partial charge on any atom is -0.492 e. The maximum atomic E-state index is 12.3. The van der Waals surface area contributed by atoms with Crippen molar-refractivity contribution in [1.29, 1.82) is 0 Å². The predicted molar refractivity (Wildman–Crippen MR) is 94.0 cm³/mol. The average molecular weight is 347 g/mol. The summed E-state index contributed by atoms with van der Waals surface area (Å²) in [5, 5.41) is 3.73. The van der Waals surface area contributed by atoms with Gasteiger partial charge in [0.05, 0.1) is 18.0 Å². The number of ether oxygens (including phenoxy) is 2. The van der Waals surface area contributed by atoms with Gasteiger partial charge in [-0.3, -0.25) is 4.79 Å². The summed E-state index contributed by atoms with van der Waals surface area (Å²) in [6.45, 7) is 4.50. The van der Waals surface area contributed by atoms with Gasteiger partial charge in [0.2, 0.25) is 5.91 Å². The van der Waals surface area contributed by atoms with E-state index in [2.05, 4.69) is 10.3 Å². The predicted octanol–water partition coefficient (Wildman–Crippen LogP) is 2.87. The van der Waals surface area contributed by atoms with E-state index in [0.717, 1.165) is 22.9 Å². The second-order valence-corrected chi connectivity index (χ2v) is 6.62. The van der Waals surface area contributed by atoms with Crippen molar-refractivity contribution in [3.05, 3.63) is 30.1 Å². The Morgan fingerprint density at radius 2 is 2.38 bits per heavy atom. The van der Waals surface area contributed by atoms with Crippen molar-refractivity contribution in [2.75, 3.05) is 17.7 Å². The second kappa shape index (κ2) is 7.17.